The number of ether oxygens (including phenoxy) is 2. The molecule has 2 N–H and O–H groups in total. The monoisotopic (exact) mass is 401 g/mol. The number of benzene rings is 2. The van der Waals surface area contributed by atoms with Gasteiger partial charge in [0.05, 0.1) is 36.2 Å². The molecule has 0 amide bonds. The van der Waals surface area contributed by atoms with Crippen LogP contribution in [-0.2, 0) is 4.79 Å². The Morgan fingerprint density at radius 2 is 2.04 bits per heavy atom. The summed E-state index contributed by atoms with van der Waals surface area (Å²) in [7, 11) is 2.71. The van der Waals surface area contributed by atoms with E-state index in [1.165, 1.54) is 32.4 Å². The van der Waals surface area contributed by atoms with Crippen molar-refractivity contribution >= 4 is 40.5 Å². The van der Waals surface area contributed by atoms with Crippen molar-refractivity contribution < 1.29 is 24.3 Å². The first-order valence-corrected chi connectivity index (χ1v) is 8.72. The number of nitro benzene ring substituents is 1. The Kier molecular flexibility index (Phi) is 5.50. The minimum Gasteiger partial charge on any atom is -0.493 e. The molecule has 0 aliphatic carbocycles. The summed E-state index contributed by atoms with van der Waals surface area (Å²) >= 11 is 0.893. The summed E-state index contributed by atoms with van der Waals surface area (Å²) in [6, 6.07) is 9.72. The minimum atomic E-state index is -1.21. The quantitative estimate of drug-likeness (QED) is 0.265. The number of nitrogens with one attached hydrogen (secondary N) is 1. The lowest BCUT2D eigenvalue weighted by molar-refractivity contribution is -0.385. The van der Waals surface area contributed by atoms with Crippen LogP contribution in [0.3, 0.4) is 0 Å². The Balaban J connectivity index is 2.07. The molecule has 10 heteroatoms. The van der Waals surface area contributed by atoms with Crippen molar-refractivity contribution in [2.24, 2.45) is 0 Å². The van der Waals surface area contributed by atoms with E-state index < -0.39 is 10.9 Å². The van der Waals surface area contributed by atoms with Crippen LogP contribution >= 0.6 is 11.8 Å². The van der Waals surface area contributed by atoms with Crippen LogP contribution in [-0.4, -0.2) is 40.2 Å². The summed E-state index contributed by atoms with van der Waals surface area (Å²) in [5.74, 6) is -0.892. The topological polar surface area (TPSA) is 128 Å². The number of fused-ring (bicyclic) bond motifs is 1. The molecule has 0 aliphatic heterocycles. The summed E-state index contributed by atoms with van der Waals surface area (Å²) < 4.78 is 10.4. The Labute approximate surface area is 163 Å². The number of hydrogen-bond acceptors (Lipinski definition) is 7. The Bertz CT molecular complexity index is 1060. The van der Waals surface area contributed by atoms with Crippen LogP contribution in [0.2, 0.25) is 0 Å². The van der Waals surface area contributed by atoms with Gasteiger partial charge in [0, 0.05) is 11.6 Å². The summed E-state index contributed by atoms with van der Waals surface area (Å²) in [5.41, 5.74) is 1.42. The van der Waals surface area contributed by atoms with Gasteiger partial charge in [0.1, 0.15) is 4.91 Å². The highest BCUT2D eigenvalue weighted by atomic mass is 32.2. The van der Waals surface area contributed by atoms with E-state index in [9.17, 15) is 20.0 Å². The van der Waals surface area contributed by atoms with Crippen molar-refractivity contribution in [3.63, 3.8) is 0 Å². The van der Waals surface area contributed by atoms with Crippen molar-refractivity contribution in [2.75, 3.05) is 14.2 Å². The van der Waals surface area contributed by atoms with Crippen LogP contribution in [0.5, 0.6) is 11.5 Å². The van der Waals surface area contributed by atoms with E-state index in [4.69, 9.17) is 9.47 Å². The zero-order valence-electron chi connectivity index (χ0n) is 14.8. The van der Waals surface area contributed by atoms with Gasteiger partial charge in [-0.15, -0.1) is 0 Å². The fourth-order valence-corrected chi connectivity index (χ4v) is 3.34. The fraction of sp³-hybridized carbons (Fsp3) is 0.111. The average molecular weight is 401 g/mol. The highest BCUT2D eigenvalue weighted by Crippen LogP contribution is 2.38. The van der Waals surface area contributed by atoms with Gasteiger partial charge in [0.15, 0.2) is 16.7 Å². The summed E-state index contributed by atoms with van der Waals surface area (Å²) in [5, 5.41) is 21.2. The molecule has 0 aliphatic rings. The van der Waals surface area contributed by atoms with Crippen LogP contribution in [0, 0.1) is 10.1 Å². The molecular formula is C18H15N3O6S. The Hall–Kier alpha value is -3.53. The molecule has 2 aromatic carbocycles. The van der Waals surface area contributed by atoms with E-state index in [0.717, 1.165) is 17.3 Å². The maximum atomic E-state index is 11.8. The van der Waals surface area contributed by atoms with Gasteiger partial charge in [-0.05, 0) is 30.0 Å². The summed E-state index contributed by atoms with van der Waals surface area (Å²) in [6.07, 6.45) is 1.29. The summed E-state index contributed by atoms with van der Waals surface area (Å²) in [6.45, 7) is 0. The van der Waals surface area contributed by atoms with Gasteiger partial charge >= 0.3 is 5.97 Å². The van der Waals surface area contributed by atoms with Crippen molar-refractivity contribution in [1.29, 1.82) is 0 Å². The number of hydrogen-bond donors (Lipinski definition) is 2. The number of H-pyrrole nitrogens is 1. The largest absolute Gasteiger partial charge is 0.493 e. The molecule has 9 nitrogen and oxygen atoms in total. The number of aromatic amines is 1. The van der Waals surface area contributed by atoms with Crippen LogP contribution < -0.4 is 9.47 Å². The first kappa shape index (κ1) is 19.2. The van der Waals surface area contributed by atoms with E-state index >= 15 is 0 Å². The molecule has 0 saturated heterocycles. The third-order valence-electron chi connectivity index (χ3n) is 3.77. The fourth-order valence-electron chi connectivity index (χ4n) is 2.55. The number of imidazole rings is 1. The normalized spacial score (nSPS) is 11.4. The molecule has 3 aromatic rings. The molecule has 144 valence electrons. The smallest absolute Gasteiger partial charge is 0.342 e. The Morgan fingerprint density at radius 1 is 1.29 bits per heavy atom. The lowest BCUT2D eigenvalue weighted by Crippen LogP contribution is -2.00. The predicted octanol–water partition coefficient (Wildman–Crippen LogP) is 3.71. The number of non-ortho nitro benzene ring substituents is 1. The predicted molar refractivity (Wildman–Crippen MR) is 104 cm³/mol. The number of carboxylic acids is 1. The first-order chi connectivity index (χ1) is 13.4. The van der Waals surface area contributed by atoms with Crippen molar-refractivity contribution in [3.8, 4) is 11.5 Å². The number of methoxy groups -OCH3 is 2. The van der Waals surface area contributed by atoms with Gasteiger partial charge in [-0.2, -0.15) is 0 Å². The zero-order valence-corrected chi connectivity index (χ0v) is 15.6. The third-order valence-corrected chi connectivity index (χ3v) is 4.67. The minimum absolute atomic E-state index is 0.0973. The van der Waals surface area contributed by atoms with Gasteiger partial charge in [0.25, 0.3) is 5.69 Å². The second-order valence-electron chi connectivity index (χ2n) is 5.50. The van der Waals surface area contributed by atoms with E-state index in [0.29, 0.717) is 10.7 Å². The number of para-hydroxylation sites is 2. The van der Waals surface area contributed by atoms with E-state index in [-0.39, 0.29) is 27.7 Å². The number of thioether (sulfide) groups is 1. The second kappa shape index (κ2) is 8.01. The number of carbonyl (C=O) groups is 1. The van der Waals surface area contributed by atoms with E-state index in [1.54, 1.807) is 6.07 Å². The molecule has 0 spiro atoms. The molecular weight excluding hydrogens is 386 g/mol. The summed E-state index contributed by atoms with van der Waals surface area (Å²) in [4.78, 5) is 29.6. The molecule has 0 unspecified atom stereocenters. The van der Waals surface area contributed by atoms with Gasteiger partial charge in [-0.1, -0.05) is 12.1 Å². The van der Waals surface area contributed by atoms with E-state index in [1.807, 2.05) is 18.2 Å². The third kappa shape index (κ3) is 3.91. The molecule has 3 rings (SSSR count). The molecule has 28 heavy (non-hydrogen) atoms. The first-order valence-electron chi connectivity index (χ1n) is 7.91. The van der Waals surface area contributed by atoms with Crippen LogP contribution in [0.25, 0.3) is 17.1 Å². The molecule has 1 aromatic heterocycles. The van der Waals surface area contributed by atoms with Gasteiger partial charge < -0.3 is 19.6 Å². The molecule has 0 saturated carbocycles. The highest BCUT2D eigenvalue weighted by Gasteiger charge is 2.20. The Morgan fingerprint density at radius 3 is 2.64 bits per heavy atom. The van der Waals surface area contributed by atoms with Crippen molar-refractivity contribution in [1.82, 2.24) is 9.97 Å². The number of rotatable bonds is 7. The molecule has 0 radical (unpaired) electrons. The number of aromatic nitrogens is 2. The molecule has 0 atom stereocenters. The SMILES string of the molecule is COc1cc([N+](=O)[O-])cc(/C=C(/Sc2nc3ccccc3[nH]2)C(=O)O)c1OC. The van der Waals surface area contributed by atoms with Crippen molar-refractivity contribution in [2.45, 2.75) is 5.16 Å². The highest BCUT2D eigenvalue weighted by molar-refractivity contribution is 8.04. The number of nitrogens with zero attached hydrogens (tertiary/aromatic N) is 2. The van der Waals surface area contributed by atoms with E-state index in [2.05, 4.69) is 9.97 Å². The van der Waals surface area contributed by atoms with Crippen molar-refractivity contribution in [3.05, 3.63) is 57.0 Å². The van der Waals surface area contributed by atoms with Gasteiger partial charge in [-0.3, -0.25) is 10.1 Å². The zero-order chi connectivity index (χ0) is 20.3. The molecule has 1 heterocycles. The van der Waals surface area contributed by atoms with Crippen LogP contribution in [0.15, 0.2) is 46.5 Å². The second-order valence-corrected chi connectivity index (χ2v) is 6.53. The number of carboxylic acid groups (broad SMARTS) is 1. The maximum absolute atomic E-state index is 11.8. The lowest BCUT2D eigenvalue weighted by Gasteiger charge is -2.11. The van der Waals surface area contributed by atoms with Gasteiger partial charge in [-0.25, -0.2) is 9.78 Å². The van der Waals surface area contributed by atoms with Gasteiger partial charge in [0.2, 0.25) is 0 Å². The maximum Gasteiger partial charge on any atom is 0.342 e. The lowest BCUT2D eigenvalue weighted by atomic mass is 10.1. The number of nitro groups is 1. The molecule has 0 bridgehead atoms. The number of aliphatic carboxylic acids is 1. The van der Waals surface area contributed by atoms with Crippen LogP contribution in [0.4, 0.5) is 5.69 Å². The standard InChI is InChI=1S/C18H15N3O6S/c1-26-14-9-11(21(24)25)7-10(16(14)27-2)8-15(17(22)23)28-18-19-12-5-3-4-6-13(12)20-18/h3-9H,1-2H3,(H,19,20)(H,22,23)/b15-8+. The molecule has 0 fully saturated rings. The average Bonchev–Trinajstić information content (AvgIpc) is 3.08. The van der Waals surface area contributed by atoms with Crippen LogP contribution in [0.1, 0.15) is 5.56 Å².